The van der Waals surface area contributed by atoms with Gasteiger partial charge in [-0.15, -0.1) is 24.8 Å². The number of aliphatic imine (C=N–C) groups is 1. The lowest BCUT2D eigenvalue weighted by Gasteiger charge is -1.95. The first kappa shape index (κ1) is 13.8. The zero-order valence-corrected chi connectivity index (χ0v) is 8.23. The van der Waals surface area contributed by atoms with Gasteiger partial charge in [-0.25, -0.2) is 0 Å². The van der Waals surface area contributed by atoms with Gasteiger partial charge in [0.15, 0.2) is 0 Å². The molecule has 0 saturated carbocycles. The smallest absolute Gasteiger partial charge is 0.126 e. The van der Waals surface area contributed by atoms with E-state index in [-0.39, 0.29) is 24.8 Å². The molecular weight excluding hydrogens is 197 g/mol. The van der Waals surface area contributed by atoms with Crippen LogP contribution in [0.25, 0.3) is 0 Å². The topological polar surface area (TPSA) is 51.3 Å². The molecule has 68 valence electrons. The lowest BCUT2D eigenvalue weighted by Crippen LogP contribution is -2.12. The molecule has 0 spiro atoms. The molecule has 0 aliphatic heterocycles. The molecule has 0 aliphatic rings. The SMILES string of the molecule is CN=C(N)c1cccnc1.Cl.Cl. The van der Waals surface area contributed by atoms with Crippen molar-refractivity contribution in [3.63, 3.8) is 0 Å². The molecule has 0 radical (unpaired) electrons. The molecule has 0 aromatic carbocycles. The predicted molar refractivity (Wildman–Crippen MR) is 55.4 cm³/mol. The minimum atomic E-state index is 0. The van der Waals surface area contributed by atoms with Crippen LogP contribution in [0, 0.1) is 0 Å². The number of pyridine rings is 1. The van der Waals surface area contributed by atoms with E-state index >= 15 is 0 Å². The number of rotatable bonds is 1. The lowest BCUT2D eigenvalue weighted by atomic mass is 10.3. The van der Waals surface area contributed by atoms with Crippen molar-refractivity contribution < 1.29 is 0 Å². The Labute approximate surface area is 83.9 Å². The number of hydrogen-bond donors (Lipinski definition) is 1. The Morgan fingerprint density at radius 3 is 2.58 bits per heavy atom. The average molecular weight is 208 g/mol. The van der Waals surface area contributed by atoms with E-state index < -0.39 is 0 Å². The number of nitrogens with zero attached hydrogens (tertiary/aromatic N) is 2. The molecule has 12 heavy (non-hydrogen) atoms. The molecule has 1 heterocycles. The van der Waals surface area contributed by atoms with Gasteiger partial charge in [0.1, 0.15) is 5.84 Å². The molecule has 3 nitrogen and oxygen atoms in total. The Kier molecular flexibility index (Phi) is 7.90. The van der Waals surface area contributed by atoms with Crippen LogP contribution in [0.5, 0.6) is 0 Å². The van der Waals surface area contributed by atoms with E-state index in [9.17, 15) is 0 Å². The number of nitrogens with two attached hydrogens (primary N) is 1. The molecule has 2 N–H and O–H groups in total. The summed E-state index contributed by atoms with van der Waals surface area (Å²) in [5, 5.41) is 0. The van der Waals surface area contributed by atoms with Crippen LogP contribution in [-0.4, -0.2) is 17.9 Å². The third-order valence-electron chi connectivity index (χ3n) is 1.20. The van der Waals surface area contributed by atoms with Crippen LogP contribution in [0.2, 0.25) is 0 Å². The first-order valence-electron chi connectivity index (χ1n) is 2.97. The van der Waals surface area contributed by atoms with Crippen LogP contribution in [-0.2, 0) is 0 Å². The molecule has 5 heteroatoms. The Morgan fingerprint density at radius 2 is 2.17 bits per heavy atom. The second kappa shape index (κ2) is 6.88. The standard InChI is InChI=1S/C7H9N3.2ClH/c1-9-7(8)6-3-2-4-10-5-6;;/h2-5H,1H3,(H2,8,9);2*1H. The van der Waals surface area contributed by atoms with Crippen molar-refractivity contribution in [2.75, 3.05) is 7.05 Å². The second-order valence-electron chi connectivity index (χ2n) is 1.85. The number of hydrogen-bond acceptors (Lipinski definition) is 2. The van der Waals surface area contributed by atoms with Crippen molar-refractivity contribution in [3.8, 4) is 0 Å². The van der Waals surface area contributed by atoms with E-state index in [0.717, 1.165) is 5.56 Å². The van der Waals surface area contributed by atoms with E-state index in [1.807, 2.05) is 12.1 Å². The third-order valence-corrected chi connectivity index (χ3v) is 1.20. The van der Waals surface area contributed by atoms with Crippen molar-refractivity contribution in [1.29, 1.82) is 0 Å². The Morgan fingerprint density at radius 1 is 1.50 bits per heavy atom. The third kappa shape index (κ3) is 3.55. The predicted octanol–water partition coefficient (Wildman–Crippen LogP) is 1.26. The summed E-state index contributed by atoms with van der Waals surface area (Å²) >= 11 is 0. The van der Waals surface area contributed by atoms with E-state index in [2.05, 4.69) is 9.98 Å². The molecule has 0 bridgehead atoms. The maximum absolute atomic E-state index is 5.50. The van der Waals surface area contributed by atoms with Crippen molar-refractivity contribution in [2.45, 2.75) is 0 Å². The maximum atomic E-state index is 5.50. The largest absolute Gasteiger partial charge is 0.383 e. The van der Waals surface area contributed by atoms with Crippen molar-refractivity contribution in [1.82, 2.24) is 4.98 Å². The van der Waals surface area contributed by atoms with Gasteiger partial charge < -0.3 is 5.73 Å². The molecule has 1 rings (SSSR count). The maximum Gasteiger partial charge on any atom is 0.126 e. The van der Waals surface area contributed by atoms with Crippen LogP contribution in [0.3, 0.4) is 0 Å². The molecule has 0 unspecified atom stereocenters. The molecule has 0 fully saturated rings. The Bertz CT molecular complexity index is 236. The van der Waals surface area contributed by atoms with Crippen LogP contribution in [0.15, 0.2) is 29.5 Å². The zero-order valence-electron chi connectivity index (χ0n) is 6.60. The minimum Gasteiger partial charge on any atom is -0.383 e. The first-order chi connectivity index (χ1) is 4.84. The fourth-order valence-electron chi connectivity index (χ4n) is 0.643. The molecule has 1 aromatic heterocycles. The lowest BCUT2D eigenvalue weighted by molar-refractivity contribution is 1.29. The quantitative estimate of drug-likeness (QED) is 0.557. The van der Waals surface area contributed by atoms with Gasteiger partial charge in [-0.2, -0.15) is 0 Å². The van der Waals surface area contributed by atoms with Gasteiger partial charge in [0.05, 0.1) is 0 Å². The van der Waals surface area contributed by atoms with Crippen molar-refractivity contribution >= 4 is 30.6 Å². The van der Waals surface area contributed by atoms with Crippen LogP contribution >= 0.6 is 24.8 Å². The fraction of sp³-hybridized carbons (Fsp3) is 0.143. The summed E-state index contributed by atoms with van der Waals surface area (Å²) in [4.78, 5) is 7.71. The van der Waals surface area contributed by atoms with E-state index in [1.165, 1.54) is 0 Å². The van der Waals surface area contributed by atoms with Crippen LogP contribution < -0.4 is 5.73 Å². The summed E-state index contributed by atoms with van der Waals surface area (Å²) in [5.74, 6) is 0.521. The summed E-state index contributed by atoms with van der Waals surface area (Å²) in [7, 11) is 1.66. The molecule has 1 aromatic rings. The molecule has 0 atom stereocenters. The van der Waals surface area contributed by atoms with E-state index in [4.69, 9.17) is 5.73 Å². The fourth-order valence-corrected chi connectivity index (χ4v) is 0.643. The summed E-state index contributed by atoms with van der Waals surface area (Å²) in [6.45, 7) is 0. The molecular formula is C7H11Cl2N3. The molecule has 0 amide bonds. The first-order valence-corrected chi connectivity index (χ1v) is 2.97. The Balaban J connectivity index is 0. The second-order valence-corrected chi connectivity index (χ2v) is 1.85. The van der Waals surface area contributed by atoms with E-state index in [0.29, 0.717) is 5.84 Å². The van der Waals surface area contributed by atoms with Gasteiger partial charge >= 0.3 is 0 Å². The highest BCUT2D eigenvalue weighted by Gasteiger charge is 1.92. The molecule has 0 saturated heterocycles. The summed E-state index contributed by atoms with van der Waals surface area (Å²) in [5.41, 5.74) is 6.37. The van der Waals surface area contributed by atoms with Gasteiger partial charge in [0.2, 0.25) is 0 Å². The zero-order chi connectivity index (χ0) is 7.40. The summed E-state index contributed by atoms with van der Waals surface area (Å²) in [6.07, 6.45) is 3.38. The number of halogens is 2. The minimum absolute atomic E-state index is 0. The highest BCUT2D eigenvalue weighted by atomic mass is 35.5. The highest BCUT2D eigenvalue weighted by Crippen LogP contribution is 1.93. The van der Waals surface area contributed by atoms with Crippen molar-refractivity contribution in [2.24, 2.45) is 10.7 Å². The summed E-state index contributed by atoms with van der Waals surface area (Å²) < 4.78 is 0. The molecule has 0 aliphatic carbocycles. The van der Waals surface area contributed by atoms with E-state index in [1.54, 1.807) is 19.4 Å². The Hall–Kier alpha value is -0.800. The monoisotopic (exact) mass is 207 g/mol. The average Bonchev–Trinajstić information content (AvgIpc) is 2.05. The summed E-state index contributed by atoms with van der Waals surface area (Å²) in [6, 6.07) is 3.70. The van der Waals surface area contributed by atoms with Gasteiger partial charge in [-0.3, -0.25) is 9.98 Å². The van der Waals surface area contributed by atoms with Crippen LogP contribution in [0.1, 0.15) is 5.56 Å². The van der Waals surface area contributed by atoms with Gasteiger partial charge in [0, 0.05) is 25.0 Å². The van der Waals surface area contributed by atoms with Crippen LogP contribution in [0.4, 0.5) is 0 Å². The van der Waals surface area contributed by atoms with Gasteiger partial charge in [-0.1, -0.05) is 0 Å². The van der Waals surface area contributed by atoms with Gasteiger partial charge in [-0.05, 0) is 12.1 Å². The number of amidine groups is 1. The normalized spacial score (nSPS) is 9.58. The van der Waals surface area contributed by atoms with Crippen molar-refractivity contribution in [3.05, 3.63) is 30.1 Å². The highest BCUT2D eigenvalue weighted by molar-refractivity contribution is 5.96. The van der Waals surface area contributed by atoms with Gasteiger partial charge in [0.25, 0.3) is 0 Å². The number of aromatic nitrogens is 1.